The van der Waals surface area contributed by atoms with Crippen molar-refractivity contribution in [3.8, 4) is 11.4 Å². The average molecular weight is 288 g/mol. The second-order valence-corrected chi connectivity index (χ2v) is 4.33. The van der Waals surface area contributed by atoms with Gasteiger partial charge in [-0.15, -0.1) is 5.10 Å². The van der Waals surface area contributed by atoms with Crippen LogP contribution >= 0.6 is 27.5 Å². The molecule has 0 fully saturated rings. The Hall–Kier alpha value is -1.07. The highest BCUT2D eigenvalue weighted by Crippen LogP contribution is 2.28. The predicted octanol–water partition coefficient (Wildman–Crippen LogP) is 2.48. The molecule has 0 spiro atoms. The van der Waals surface area contributed by atoms with E-state index < -0.39 is 0 Å². The number of aryl methyl sites for hydroxylation is 1. The molecule has 0 amide bonds. The standard InChI is InChI=1S/C9H8BrClN4/c1-15-9(12)13-8(14-15)6-4-5(11)2-3-7(6)10/h2-4H,1H3,(H2,12,13,14). The Bertz CT molecular complexity index is 489. The minimum Gasteiger partial charge on any atom is -0.368 e. The summed E-state index contributed by atoms with van der Waals surface area (Å²) in [5.74, 6) is 0.932. The molecule has 0 radical (unpaired) electrons. The first kappa shape index (κ1) is 10.4. The van der Waals surface area contributed by atoms with Crippen molar-refractivity contribution in [2.75, 3.05) is 5.73 Å². The van der Waals surface area contributed by atoms with Crippen molar-refractivity contribution in [1.29, 1.82) is 0 Å². The number of aromatic nitrogens is 3. The lowest BCUT2D eigenvalue weighted by Crippen LogP contribution is -1.97. The number of anilines is 1. The normalized spacial score (nSPS) is 10.6. The highest BCUT2D eigenvalue weighted by molar-refractivity contribution is 9.10. The molecule has 0 saturated carbocycles. The minimum absolute atomic E-state index is 0.372. The zero-order valence-electron chi connectivity index (χ0n) is 7.91. The van der Waals surface area contributed by atoms with Crippen LogP contribution in [0.5, 0.6) is 0 Å². The third-order valence-electron chi connectivity index (χ3n) is 1.97. The lowest BCUT2D eigenvalue weighted by atomic mass is 10.2. The second-order valence-electron chi connectivity index (χ2n) is 3.04. The van der Waals surface area contributed by atoms with Crippen LogP contribution in [-0.2, 0) is 7.05 Å². The lowest BCUT2D eigenvalue weighted by Gasteiger charge is -1.99. The van der Waals surface area contributed by atoms with Gasteiger partial charge in [0.1, 0.15) is 0 Å². The summed E-state index contributed by atoms with van der Waals surface area (Å²) in [7, 11) is 1.74. The highest BCUT2D eigenvalue weighted by atomic mass is 79.9. The molecule has 4 nitrogen and oxygen atoms in total. The first-order valence-corrected chi connectivity index (χ1v) is 5.37. The molecule has 0 atom stereocenters. The largest absolute Gasteiger partial charge is 0.368 e. The van der Waals surface area contributed by atoms with Crippen molar-refractivity contribution in [3.05, 3.63) is 27.7 Å². The fourth-order valence-corrected chi connectivity index (χ4v) is 1.78. The number of halogens is 2. The third kappa shape index (κ3) is 1.98. The lowest BCUT2D eigenvalue weighted by molar-refractivity contribution is 0.781. The number of nitrogens with two attached hydrogens (primary N) is 1. The van der Waals surface area contributed by atoms with Crippen LogP contribution in [0.4, 0.5) is 5.95 Å². The molecule has 0 aliphatic carbocycles. The summed E-state index contributed by atoms with van der Waals surface area (Å²) < 4.78 is 2.40. The van der Waals surface area contributed by atoms with Gasteiger partial charge in [0.15, 0.2) is 5.82 Å². The van der Waals surface area contributed by atoms with E-state index >= 15 is 0 Å². The van der Waals surface area contributed by atoms with Crippen molar-refractivity contribution in [2.45, 2.75) is 0 Å². The average Bonchev–Trinajstić information content (AvgIpc) is 2.51. The van der Waals surface area contributed by atoms with Gasteiger partial charge in [-0.25, -0.2) is 4.68 Å². The predicted molar refractivity (Wildman–Crippen MR) is 63.6 cm³/mol. The summed E-state index contributed by atoms with van der Waals surface area (Å²) in [4.78, 5) is 4.12. The van der Waals surface area contributed by atoms with Crippen molar-refractivity contribution < 1.29 is 0 Å². The van der Waals surface area contributed by atoms with Crippen LogP contribution in [0.15, 0.2) is 22.7 Å². The number of hydrogen-bond acceptors (Lipinski definition) is 3. The Morgan fingerprint density at radius 3 is 2.80 bits per heavy atom. The van der Waals surface area contributed by atoms with Gasteiger partial charge in [0, 0.05) is 22.1 Å². The molecule has 0 unspecified atom stereocenters. The third-order valence-corrected chi connectivity index (χ3v) is 2.89. The second kappa shape index (κ2) is 3.83. The van der Waals surface area contributed by atoms with Crippen molar-refractivity contribution in [3.63, 3.8) is 0 Å². The van der Waals surface area contributed by atoms with Crippen LogP contribution in [0.2, 0.25) is 5.02 Å². The topological polar surface area (TPSA) is 56.7 Å². The van der Waals surface area contributed by atoms with E-state index in [9.17, 15) is 0 Å². The van der Waals surface area contributed by atoms with E-state index in [1.54, 1.807) is 19.2 Å². The molecule has 2 N–H and O–H groups in total. The summed E-state index contributed by atoms with van der Waals surface area (Å²) >= 11 is 9.31. The first-order chi connectivity index (χ1) is 7.08. The molecule has 0 aliphatic heterocycles. The SMILES string of the molecule is Cn1nc(-c2cc(Cl)ccc2Br)nc1N. The van der Waals surface area contributed by atoms with E-state index in [-0.39, 0.29) is 0 Å². The Morgan fingerprint density at radius 1 is 1.47 bits per heavy atom. The molecule has 2 rings (SSSR count). The van der Waals surface area contributed by atoms with Gasteiger partial charge < -0.3 is 5.73 Å². The maximum atomic E-state index is 5.90. The van der Waals surface area contributed by atoms with Crippen molar-refractivity contribution in [1.82, 2.24) is 14.8 Å². The molecule has 78 valence electrons. The summed E-state index contributed by atoms with van der Waals surface area (Å²) in [5, 5.41) is 4.81. The van der Waals surface area contributed by atoms with Crippen LogP contribution in [0.1, 0.15) is 0 Å². The van der Waals surface area contributed by atoms with Gasteiger partial charge in [-0.1, -0.05) is 27.5 Å². The number of nitrogens with zero attached hydrogens (tertiary/aromatic N) is 3. The molecular weight excluding hydrogens is 279 g/mol. The maximum Gasteiger partial charge on any atom is 0.218 e. The zero-order chi connectivity index (χ0) is 11.0. The van der Waals surface area contributed by atoms with Crippen LogP contribution in [0.25, 0.3) is 11.4 Å². The van der Waals surface area contributed by atoms with Gasteiger partial charge in [0.25, 0.3) is 0 Å². The smallest absolute Gasteiger partial charge is 0.218 e. The minimum atomic E-state index is 0.372. The molecule has 15 heavy (non-hydrogen) atoms. The van der Waals surface area contributed by atoms with Crippen LogP contribution in [-0.4, -0.2) is 14.8 Å². The molecule has 2 aromatic rings. The maximum absolute atomic E-state index is 5.90. The Labute approximate surface area is 100 Å². The summed E-state index contributed by atoms with van der Waals surface area (Å²) in [6.45, 7) is 0. The van der Waals surface area contributed by atoms with Crippen molar-refractivity contribution in [2.24, 2.45) is 7.05 Å². The fourth-order valence-electron chi connectivity index (χ4n) is 1.18. The Morgan fingerprint density at radius 2 is 2.20 bits per heavy atom. The molecule has 0 bridgehead atoms. The Kier molecular flexibility index (Phi) is 2.67. The number of benzene rings is 1. The van der Waals surface area contributed by atoms with Gasteiger partial charge in [-0.3, -0.25) is 0 Å². The fraction of sp³-hybridized carbons (Fsp3) is 0.111. The van der Waals surface area contributed by atoms with Crippen LogP contribution < -0.4 is 5.73 Å². The van der Waals surface area contributed by atoms with E-state index in [0.717, 1.165) is 10.0 Å². The quantitative estimate of drug-likeness (QED) is 0.876. The summed E-state index contributed by atoms with van der Waals surface area (Å²) in [6.07, 6.45) is 0. The summed E-state index contributed by atoms with van der Waals surface area (Å²) in [5.41, 5.74) is 6.44. The molecule has 0 saturated heterocycles. The van der Waals surface area contributed by atoms with Gasteiger partial charge in [0.2, 0.25) is 5.95 Å². The number of nitrogen functional groups attached to an aromatic ring is 1. The first-order valence-electron chi connectivity index (χ1n) is 4.20. The summed E-state index contributed by atoms with van der Waals surface area (Å²) in [6, 6.07) is 5.44. The zero-order valence-corrected chi connectivity index (χ0v) is 10.2. The monoisotopic (exact) mass is 286 g/mol. The number of rotatable bonds is 1. The number of hydrogen-bond donors (Lipinski definition) is 1. The molecule has 1 aromatic heterocycles. The van der Waals surface area contributed by atoms with E-state index in [0.29, 0.717) is 16.8 Å². The van der Waals surface area contributed by atoms with E-state index in [1.165, 1.54) is 4.68 Å². The highest BCUT2D eigenvalue weighted by Gasteiger charge is 2.10. The Balaban J connectivity index is 2.58. The van der Waals surface area contributed by atoms with E-state index in [1.807, 2.05) is 6.07 Å². The molecule has 6 heteroatoms. The van der Waals surface area contributed by atoms with Crippen LogP contribution in [0, 0.1) is 0 Å². The molecule has 1 heterocycles. The molecule has 1 aromatic carbocycles. The van der Waals surface area contributed by atoms with Crippen molar-refractivity contribution >= 4 is 33.5 Å². The molecular formula is C9H8BrClN4. The molecule has 0 aliphatic rings. The van der Waals surface area contributed by atoms with E-state index in [2.05, 4.69) is 26.0 Å². The van der Waals surface area contributed by atoms with Gasteiger partial charge in [-0.05, 0) is 18.2 Å². The van der Waals surface area contributed by atoms with Gasteiger partial charge in [-0.2, -0.15) is 4.98 Å². The van der Waals surface area contributed by atoms with Gasteiger partial charge >= 0.3 is 0 Å². The van der Waals surface area contributed by atoms with Gasteiger partial charge in [0.05, 0.1) is 0 Å². The van der Waals surface area contributed by atoms with Crippen LogP contribution in [0.3, 0.4) is 0 Å². The van der Waals surface area contributed by atoms with E-state index in [4.69, 9.17) is 17.3 Å².